The lowest BCUT2D eigenvalue weighted by Crippen LogP contribution is -2.39. The highest BCUT2D eigenvalue weighted by molar-refractivity contribution is 7.07. The van der Waals surface area contributed by atoms with E-state index in [9.17, 15) is 9.59 Å². The van der Waals surface area contributed by atoms with E-state index in [0.717, 1.165) is 22.4 Å². The molecule has 1 atom stereocenters. The molecule has 3 aromatic carbocycles. The van der Waals surface area contributed by atoms with Crippen molar-refractivity contribution in [2.75, 3.05) is 7.11 Å². The number of rotatable bonds is 5. The Labute approximate surface area is 238 Å². The minimum Gasteiger partial charge on any atom is -0.466 e. The van der Waals surface area contributed by atoms with Crippen LogP contribution in [0.2, 0.25) is 5.02 Å². The Morgan fingerprint density at radius 1 is 1.00 bits per heavy atom. The summed E-state index contributed by atoms with van der Waals surface area (Å²) in [5.41, 5.74) is 4.63. The van der Waals surface area contributed by atoms with Gasteiger partial charge < -0.3 is 4.74 Å². The first-order chi connectivity index (χ1) is 19.4. The van der Waals surface area contributed by atoms with Gasteiger partial charge in [0.15, 0.2) is 4.80 Å². The van der Waals surface area contributed by atoms with Crippen molar-refractivity contribution in [2.45, 2.75) is 13.0 Å². The summed E-state index contributed by atoms with van der Waals surface area (Å²) in [7, 11) is 1.33. The highest BCUT2D eigenvalue weighted by Gasteiger charge is 2.33. The Morgan fingerprint density at radius 2 is 1.68 bits per heavy atom. The summed E-state index contributed by atoms with van der Waals surface area (Å²) < 4.78 is 8.93. The highest BCUT2D eigenvalue weighted by Crippen LogP contribution is 2.30. The van der Waals surface area contributed by atoms with Gasteiger partial charge in [-0.15, -0.1) is 0 Å². The van der Waals surface area contributed by atoms with Crippen LogP contribution in [0.5, 0.6) is 0 Å². The summed E-state index contributed by atoms with van der Waals surface area (Å²) in [6.07, 6.45) is 3.73. The summed E-state index contributed by atoms with van der Waals surface area (Å²) in [4.78, 5) is 32.0. The molecule has 0 amide bonds. The fourth-order valence-corrected chi connectivity index (χ4v) is 5.99. The highest BCUT2D eigenvalue weighted by atomic mass is 35.5. The van der Waals surface area contributed by atoms with Crippen LogP contribution in [0, 0.1) is 0 Å². The molecule has 6 rings (SSSR count). The second-order valence-corrected chi connectivity index (χ2v) is 10.6. The van der Waals surface area contributed by atoms with Gasteiger partial charge in [-0.3, -0.25) is 9.36 Å². The summed E-state index contributed by atoms with van der Waals surface area (Å²) >= 11 is 7.42. The number of para-hydroxylation sites is 1. The molecule has 2 aromatic heterocycles. The van der Waals surface area contributed by atoms with E-state index in [1.807, 2.05) is 97.2 Å². The van der Waals surface area contributed by atoms with Gasteiger partial charge in [-0.1, -0.05) is 83.6 Å². The number of allylic oxidation sites excluding steroid dienone is 1. The minimum absolute atomic E-state index is 0.249. The zero-order valence-electron chi connectivity index (χ0n) is 21.6. The molecular formula is C31H23ClN4O3S. The number of halogens is 1. The summed E-state index contributed by atoms with van der Waals surface area (Å²) in [6.45, 7) is 1.77. The van der Waals surface area contributed by atoms with E-state index >= 15 is 0 Å². The topological polar surface area (TPSA) is 78.5 Å². The third kappa shape index (κ3) is 4.61. The average Bonchev–Trinajstić information content (AvgIpc) is 3.54. The maximum absolute atomic E-state index is 14.0. The molecule has 1 aliphatic heterocycles. The zero-order chi connectivity index (χ0) is 27.8. The second kappa shape index (κ2) is 10.6. The molecule has 0 aliphatic carbocycles. The van der Waals surface area contributed by atoms with Crippen molar-refractivity contribution in [3.8, 4) is 16.9 Å². The number of carbonyl (C=O) groups excluding carboxylic acids is 1. The number of benzene rings is 3. The van der Waals surface area contributed by atoms with Gasteiger partial charge in [0.05, 0.1) is 34.6 Å². The number of esters is 1. The van der Waals surface area contributed by atoms with Gasteiger partial charge in [0.1, 0.15) is 5.69 Å². The van der Waals surface area contributed by atoms with Crippen molar-refractivity contribution < 1.29 is 9.53 Å². The normalized spacial score (nSPS) is 15.1. The monoisotopic (exact) mass is 566 g/mol. The molecule has 0 radical (unpaired) electrons. The van der Waals surface area contributed by atoms with E-state index in [2.05, 4.69) is 4.99 Å². The number of methoxy groups -OCH3 is 1. The zero-order valence-corrected chi connectivity index (χ0v) is 23.2. The lowest BCUT2D eigenvalue weighted by atomic mass is 9.96. The summed E-state index contributed by atoms with van der Waals surface area (Å²) in [6, 6.07) is 26.0. The molecule has 1 aliphatic rings. The van der Waals surface area contributed by atoms with Crippen molar-refractivity contribution in [2.24, 2.45) is 4.99 Å². The van der Waals surface area contributed by atoms with Crippen LogP contribution in [-0.4, -0.2) is 27.4 Å². The first-order valence-electron chi connectivity index (χ1n) is 12.5. The molecule has 0 bridgehead atoms. The standard InChI is InChI=1S/C31H23ClN4O3S/c1-19-26(30(38)39-2)28(21-9-5-3-6-10-21)36-29(37)25(40-31(36)33-19)17-22-18-35(24-11-7-4-8-12-24)34-27(22)20-13-15-23(32)16-14-20/h3-18,28H,1-2H3/t28-/m0/s1. The molecule has 198 valence electrons. The minimum atomic E-state index is -0.658. The Kier molecular flexibility index (Phi) is 6.79. The quantitative estimate of drug-likeness (QED) is 0.283. The van der Waals surface area contributed by atoms with E-state index in [0.29, 0.717) is 31.3 Å². The molecule has 9 heteroatoms. The van der Waals surface area contributed by atoms with Crippen LogP contribution in [0.3, 0.4) is 0 Å². The van der Waals surface area contributed by atoms with Crippen molar-refractivity contribution in [1.29, 1.82) is 0 Å². The Hall–Kier alpha value is -4.53. The van der Waals surface area contributed by atoms with Crippen molar-refractivity contribution in [3.05, 3.63) is 138 Å². The number of nitrogens with zero attached hydrogens (tertiary/aromatic N) is 4. The van der Waals surface area contributed by atoms with Crippen molar-refractivity contribution in [1.82, 2.24) is 14.3 Å². The first-order valence-corrected chi connectivity index (χ1v) is 13.7. The van der Waals surface area contributed by atoms with Crippen LogP contribution in [0.1, 0.15) is 24.1 Å². The van der Waals surface area contributed by atoms with Crippen molar-refractivity contribution >= 4 is 35.0 Å². The number of aromatic nitrogens is 3. The third-order valence-electron chi connectivity index (χ3n) is 6.71. The fourth-order valence-electron chi connectivity index (χ4n) is 4.82. The van der Waals surface area contributed by atoms with Gasteiger partial charge in [-0.2, -0.15) is 5.10 Å². The van der Waals surface area contributed by atoms with Crippen molar-refractivity contribution in [3.63, 3.8) is 0 Å². The number of ether oxygens (including phenoxy) is 1. The molecule has 3 heterocycles. The molecule has 40 heavy (non-hydrogen) atoms. The molecule has 5 aromatic rings. The van der Waals surface area contributed by atoms with Gasteiger partial charge in [0, 0.05) is 22.3 Å². The molecule has 0 saturated carbocycles. The molecule has 0 unspecified atom stereocenters. The van der Waals surface area contributed by atoms with E-state index < -0.39 is 12.0 Å². The van der Waals surface area contributed by atoms with Crippen LogP contribution in [0.15, 0.2) is 112 Å². The summed E-state index contributed by atoms with van der Waals surface area (Å²) in [5.74, 6) is -0.515. The average molecular weight is 567 g/mol. The molecule has 0 saturated heterocycles. The molecule has 7 nitrogen and oxygen atoms in total. The van der Waals surface area contributed by atoms with Crippen LogP contribution in [0.4, 0.5) is 0 Å². The number of thiazole rings is 1. The van der Waals surface area contributed by atoms with Crippen LogP contribution in [0.25, 0.3) is 23.0 Å². The smallest absolute Gasteiger partial charge is 0.338 e. The van der Waals surface area contributed by atoms with Gasteiger partial charge in [0.2, 0.25) is 0 Å². The second-order valence-electron chi connectivity index (χ2n) is 9.20. The Balaban J connectivity index is 1.57. The van der Waals surface area contributed by atoms with Crippen LogP contribution < -0.4 is 14.9 Å². The molecular weight excluding hydrogens is 544 g/mol. The Bertz CT molecular complexity index is 1940. The molecule has 0 spiro atoms. The predicted octanol–water partition coefficient (Wildman–Crippen LogP) is 4.91. The van der Waals surface area contributed by atoms with Crippen LogP contribution >= 0.6 is 22.9 Å². The fraction of sp³-hybridized carbons (Fsp3) is 0.0968. The predicted molar refractivity (Wildman–Crippen MR) is 156 cm³/mol. The maximum atomic E-state index is 14.0. The maximum Gasteiger partial charge on any atom is 0.338 e. The van der Waals surface area contributed by atoms with E-state index in [1.165, 1.54) is 18.4 Å². The lowest BCUT2D eigenvalue weighted by molar-refractivity contribution is -0.136. The first kappa shape index (κ1) is 25.7. The number of hydrogen-bond donors (Lipinski definition) is 0. The summed E-state index contributed by atoms with van der Waals surface area (Å²) in [5, 5.41) is 5.48. The number of hydrogen-bond acceptors (Lipinski definition) is 6. The SMILES string of the molecule is COC(=O)C1=C(C)N=c2sc(=Cc3cn(-c4ccccc4)nc3-c3ccc(Cl)cc3)c(=O)n2[C@H]1c1ccccc1. The number of carbonyl (C=O) groups is 1. The lowest BCUT2D eigenvalue weighted by Gasteiger charge is -2.24. The molecule has 0 N–H and O–H groups in total. The largest absolute Gasteiger partial charge is 0.466 e. The molecule has 0 fully saturated rings. The van der Waals surface area contributed by atoms with E-state index in [4.69, 9.17) is 21.4 Å². The van der Waals surface area contributed by atoms with E-state index in [-0.39, 0.29) is 5.56 Å². The number of fused-ring (bicyclic) bond motifs is 1. The Morgan fingerprint density at radius 3 is 2.35 bits per heavy atom. The van der Waals surface area contributed by atoms with Gasteiger partial charge in [0.25, 0.3) is 5.56 Å². The van der Waals surface area contributed by atoms with Gasteiger partial charge >= 0.3 is 5.97 Å². The van der Waals surface area contributed by atoms with Gasteiger partial charge in [-0.25, -0.2) is 14.5 Å². The van der Waals surface area contributed by atoms with Gasteiger partial charge in [-0.05, 0) is 42.8 Å². The van der Waals surface area contributed by atoms with Crippen LogP contribution in [-0.2, 0) is 9.53 Å². The third-order valence-corrected chi connectivity index (χ3v) is 7.94. The van der Waals surface area contributed by atoms with E-state index in [1.54, 1.807) is 16.2 Å².